The Bertz CT molecular complexity index is 718. The van der Waals surface area contributed by atoms with Gasteiger partial charge in [-0.05, 0) is 25.8 Å². The Kier molecular flexibility index (Phi) is 3.90. The van der Waals surface area contributed by atoms with Crippen LogP contribution in [0, 0.1) is 6.92 Å². The summed E-state index contributed by atoms with van der Waals surface area (Å²) in [5, 5.41) is 1.12. The van der Waals surface area contributed by atoms with Gasteiger partial charge in [0.25, 0.3) is 5.91 Å². The maximum atomic E-state index is 12.4. The smallest absolute Gasteiger partial charge is 0.251 e. The van der Waals surface area contributed by atoms with Crippen molar-refractivity contribution >= 4 is 33.3 Å². The summed E-state index contributed by atoms with van der Waals surface area (Å²) in [6.45, 7) is 5.88. The van der Waals surface area contributed by atoms with Gasteiger partial charge >= 0.3 is 0 Å². The molecule has 6 nitrogen and oxygen atoms in total. The first-order valence-corrected chi connectivity index (χ1v) is 8.90. The summed E-state index contributed by atoms with van der Waals surface area (Å²) in [5.41, 5.74) is 0. The molecule has 1 atom stereocenters. The molecule has 0 radical (unpaired) electrons. The number of amides is 1. The van der Waals surface area contributed by atoms with E-state index in [1.54, 1.807) is 17.7 Å². The average Bonchev–Trinajstić information content (AvgIpc) is 3.22. The number of aryl methyl sites for hydroxylation is 1. The van der Waals surface area contributed by atoms with Gasteiger partial charge in [-0.15, -0.1) is 11.3 Å². The van der Waals surface area contributed by atoms with Gasteiger partial charge in [0.1, 0.15) is 23.1 Å². The van der Waals surface area contributed by atoms with Crippen LogP contribution in [0.3, 0.4) is 0 Å². The van der Waals surface area contributed by atoms with Crippen molar-refractivity contribution in [1.82, 2.24) is 14.9 Å². The molecule has 2 aliphatic rings. The van der Waals surface area contributed by atoms with E-state index in [0.717, 1.165) is 55.1 Å². The monoisotopic (exact) mass is 332 g/mol. The van der Waals surface area contributed by atoms with E-state index in [1.807, 2.05) is 4.90 Å². The fourth-order valence-electron chi connectivity index (χ4n) is 3.33. The maximum absolute atomic E-state index is 12.4. The first-order chi connectivity index (χ1) is 11.2. The Labute approximate surface area is 139 Å². The number of hydrogen-bond acceptors (Lipinski definition) is 6. The van der Waals surface area contributed by atoms with E-state index in [4.69, 9.17) is 4.74 Å². The Balaban J connectivity index is 1.47. The minimum Gasteiger partial charge on any atom is -0.368 e. The molecule has 4 rings (SSSR count). The predicted molar refractivity (Wildman–Crippen MR) is 89.9 cm³/mol. The van der Waals surface area contributed by atoms with E-state index >= 15 is 0 Å². The molecule has 0 unspecified atom stereocenters. The fourth-order valence-corrected chi connectivity index (χ4v) is 4.17. The van der Waals surface area contributed by atoms with E-state index in [9.17, 15) is 4.79 Å². The highest BCUT2D eigenvalue weighted by Crippen LogP contribution is 2.30. The second-order valence-corrected chi connectivity index (χ2v) is 7.32. The highest BCUT2D eigenvalue weighted by molar-refractivity contribution is 7.18. The Morgan fingerprint density at radius 2 is 2.13 bits per heavy atom. The van der Waals surface area contributed by atoms with E-state index < -0.39 is 0 Å². The maximum Gasteiger partial charge on any atom is 0.251 e. The molecule has 2 aliphatic heterocycles. The van der Waals surface area contributed by atoms with E-state index in [-0.39, 0.29) is 12.0 Å². The minimum atomic E-state index is -0.216. The Morgan fingerprint density at radius 1 is 1.30 bits per heavy atom. The molecule has 122 valence electrons. The lowest BCUT2D eigenvalue weighted by Crippen LogP contribution is -2.51. The van der Waals surface area contributed by atoms with E-state index in [0.29, 0.717) is 6.61 Å². The van der Waals surface area contributed by atoms with Gasteiger partial charge in [0, 0.05) is 37.7 Å². The van der Waals surface area contributed by atoms with Crippen molar-refractivity contribution in [2.24, 2.45) is 0 Å². The number of anilines is 1. The van der Waals surface area contributed by atoms with Crippen molar-refractivity contribution in [1.29, 1.82) is 0 Å². The molecule has 0 aliphatic carbocycles. The number of nitrogens with zero attached hydrogens (tertiary/aromatic N) is 4. The number of carbonyl (C=O) groups excluding carboxylic acids is 1. The summed E-state index contributed by atoms with van der Waals surface area (Å²) in [5.74, 6) is 1.14. The molecule has 0 saturated carbocycles. The third-order valence-corrected chi connectivity index (χ3v) is 5.49. The molecule has 2 fully saturated rings. The zero-order chi connectivity index (χ0) is 15.8. The number of aromatic nitrogens is 2. The third-order valence-electron chi connectivity index (χ3n) is 4.53. The van der Waals surface area contributed by atoms with Crippen LogP contribution in [-0.4, -0.2) is 59.7 Å². The van der Waals surface area contributed by atoms with Crippen LogP contribution in [-0.2, 0) is 9.53 Å². The van der Waals surface area contributed by atoms with Crippen molar-refractivity contribution in [2.75, 3.05) is 37.7 Å². The van der Waals surface area contributed by atoms with Gasteiger partial charge in [0.05, 0.1) is 5.39 Å². The highest BCUT2D eigenvalue weighted by atomic mass is 32.1. The number of piperazine rings is 1. The zero-order valence-corrected chi connectivity index (χ0v) is 14.0. The number of carbonyl (C=O) groups is 1. The van der Waals surface area contributed by atoms with Gasteiger partial charge in [-0.1, -0.05) is 0 Å². The van der Waals surface area contributed by atoms with Gasteiger partial charge < -0.3 is 14.5 Å². The molecule has 0 aromatic carbocycles. The number of rotatable bonds is 2. The zero-order valence-electron chi connectivity index (χ0n) is 13.2. The second kappa shape index (κ2) is 6.05. The Morgan fingerprint density at radius 3 is 2.87 bits per heavy atom. The lowest BCUT2D eigenvalue weighted by atomic mass is 10.2. The molecule has 2 aromatic heterocycles. The van der Waals surface area contributed by atoms with Crippen LogP contribution in [0.1, 0.15) is 17.7 Å². The summed E-state index contributed by atoms with van der Waals surface area (Å²) in [6, 6.07) is 2.15. The van der Waals surface area contributed by atoms with Crippen molar-refractivity contribution in [3.05, 3.63) is 17.3 Å². The lowest BCUT2D eigenvalue weighted by molar-refractivity contribution is -0.141. The lowest BCUT2D eigenvalue weighted by Gasteiger charge is -2.36. The highest BCUT2D eigenvalue weighted by Gasteiger charge is 2.30. The topological polar surface area (TPSA) is 58.6 Å². The minimum absolute atomic E-state index is 0.154. The summed E-state index contributed by atoms with van der Waals surface area (Å²) in [4.78, 5) is 27.7. The van der Waals surface area contributed by atoms with Crippen molar-refractivity contribution < 1.29 is 9.53 Å². The number of fused-ring (bicyclic) bond motifs is 1. The van der Waals surface area contributed by atoms with E-state index in [1.165, 1.54) is 4.88 Å². The van der Waals surface area contributed by atoms with Gasteiger partial charge in [0.15, 0.2) is 0 Å². The molecule has 4 heterocycles. The van der Waals surface area contributed by atoms with Crippen LogP contribution in [0.2, 0.25) is 0 Å². The van der Waals surface area contributed by atoms with Crippen molar-refractivity contribution in [2.45, 2.75) is 25.9 Å². The SMILES string of the molecule is Cc1cc2c(N3CCN(C(=O)[C@@H]4CCCO4)CC3)ncnc2s1. The molecule has 0 N–H and O–H groups in total. The van der Waals surface area contributed by atoms with Crippen LogP contribution < -0.4 is 4.90 Å². The first-order valence-electron chi connectivity index (χ1n) is 8.09. The molecule has 1 amide bonds. The molecule has 2 saturated heterocycles. The molecule has 2 aromatic rings. The van der Waals surface area contributed by atoms with Crippen LogP contribution >= 0.6 is 11.3 Å². The second-order valence-electron chi connectivity index (χ2n) is 6.09. The molecular weight excluding hydrogens is 312 g/mol. The predicted octanol–water partition coefficient (Wildman–Crippen LogP) is 1.83. The van der Waals surface area contributed by atoms with Crippen molar-refractivity contribution in [3.8, 4) is 0 Å². The van der Waals surface area contributed by atoms with Crippen LogP contribution in [0.4, 0.5) is 5.82 Å². The van der Waals surface area contributed by atoms with E-state index in [2.05, 4.69) is 27.9 Å². The van der Waals surface area contributed by atoms with Gasteiger partial charge in [0.2, 0.25) is 0 Å². The molecule has 7 heteroatoms. The summed E-state index contributed by atoms with van der Waals surface area (Å²) >= 11 is 1.69. The quantitative estimate of drug-likeness (QED) is 0.840. The van der Waals surface area contributed by atoms with Crippen LogP contribution in [0.5, 0.6) is 0 Å². The van der Waals surface area contributed by atoms with Gasteiger partial charge in [-0.25, -0.2) is 9.97 Å². The normalized spacial score (nSPS) is 22.0. The summed E-state index contributed by atoms with van der Waals surface area (Å²) in [7, 11) is 0. The molecule has 23 heavy (non-hydrogen) atoms. The van der Waals surface area contributed by atoms with Gasteiger partial charge in [-0.2, -0.15) is 0 Å². The van der Waals surface area contributed by atoms with Gasteiger partial charge in [-0.3, -0.25) is 4.79 Å². The average molecular weight is 332 g/mol. The molecule has 0 bridgehead atoms. The largest absolute Gasteiger partial charge is 0.368 e. The van der Waals surface area contributed by atoms with Crippen molar-refractivity contribution in [3.63, 3.8) is 0 Å². The van der Waals surface area contributed by atoms with Crippen LogP contribution in [0.15, 0.2) is 12.4 Å². The molecular formula is C16H20N4O2S. The number of hydrogen-bond donors (Lipinski definition) is 0. The van der Waals surface area contributed by atoms with Crippen LogP contribution in [0.25, 0.3) is 10.2 Å². The summed E-state index contributed by atoms with van der Waals surface area (Å²) < 4.78 is 5.52. The third kappa shape index (κ3) is 2.79. The number of ether oxygens (including phenoxy) is 1. The standard InChI is InChI=1S/C16H20N4O2S/c1-11-9-12-14(17-10-18-15(12)23-11)19-4-6-20(7-5-19)16(21)13-3-2-8-22-13/h9-10,13H,2-8H2,1H3/t13-/m0/s1. The first kappa shape index (κ1) is 14.8. The fraction of sp³-hybridized carbons (Fsp3) is 0.562. The Hall–Kier alpha value is -1.73. The number of thiophene rings is 1. The summed E-state index contributed by atoms with van der Waals surface area (Å²) in [6.07, 6.45) is 3.27. The molecule has 0 spiro atoms.